The summed E-state index contributed by atoms with van der Waals surface area (Å²) >= 11 is 0. The van der Waals surface area contributed by atoms with Gasteiger partial charge in [-0.05, 0) is 37.8 Å². The van der Waals surface area contributed by atoms with Gasteiger partial charge >= 0.3 is 5.97 Å². The van der Waals surface area contributed by atoms with Gasteiger partial charge in [-0.25, -0.2) is 9.78 Å². The number of nitrogens with one attached hydrogen (secondary N) is 1. The maximum atomic E-state index is 12.6. The first kappa shape index (κ1) is 14.8. The fourth-order valence-corrected chi connectivity index (χ4v) is 3.04. The van der Waals surface area contributed by atoms with Crippen molar-refractivity contribution in [2.45, 2.75) is 38.8 Å². The number of aryl methyl sites for hydroxylation is 2. The lowest BCUT2D eigenvalue weighted by atomic mass is 9.91. The molecule has 1 aliphatic carbocycles. The summed E-state index contributed by atoms with van der Waals surface area (Å²) in [6.07, 6.45) is 3.22. The average Bonchev–Trinajstić information content (AvgIpc) is 3.10. The summed E-state index contributed by atoms with van der Waals surface area (Å²) in [6, 6.07) is 8.01. The molecule has 116 valence electrons. The number of aromatic nitrogens is 1. The van der Waals surface area contributed by atoms with Crippen molar-refractivity contribution >= 4 is 5.97 Å². The Bertz CT molecular complexity index is 680. The van der Waals surface area contributed by atoms with Gasteiger partial charge in [0, 0.05) is 0 Å². The molecule has 1 atom stereocenters. The summed E-state index contributed by atoms with van der Waals surface area (Å²) in [4.78, 5) is 16.8. The summed E-state index contributed by atoms with van der Waals surface area (Å²) in [5.74, 6) is 1.10. The summed E-state index contributed by atoms with van der Waals surface area (Å²) < 4.78 is 10.8. The summed E-state index contributed by atoms with van der Waals surface area (Å²) in [7, 11) is 0. The van der Waals surface area contributed by atoms with Gasteiger partial charge in [0.1, 0.15) is 11.3 Å². The van der Waals surface area contributed by atoms with Gasteiger partial charge in [0.25, 0.3) is 0 Å². The number of hydrogen-bond donors (Lipinski definition) is 1. The summed E-state index contributed by atoms with van der Waals surface area (Å²) in [6.45, 7) is 4.43. The van der Waals surface area contributed by atoms with E-state index in [-0.39, 0.29) is 5.97 Å². The van der Waals surface area contributed by atoms with E-state index in [1.807, 2.05) is 32.0 Å². The second-order valence-electron chi connectivity index (χ2n) is 5.50. The molecule has 1 heterocycles. The minimum atomic E-state index is -0.811. The number of ether oxygens (including phenoxy) is 1. The topological polar surface area (TPSA) is 64.4 Å². The molecular weight excluding hydrogens is 280 g/mol. The minimum absolute atomic E-state index is 0.233. The second-order valence-corrected chi connectivity index (χ2v) is 5.50. The molecule has 0 bridgehead atoms. The molecule has 2 aromatic rings. The van der Waals surface area contributed by atoms with Crippen molar-refractivity contribution in [2.24, 2.45) is 0 Å². The molecule has 0 fully saturated rings. The molecule has 0 spiro atoms. The van der Waals surface area contributed by atoms with E-state index in [2.05, 4.69) is 16.4 Å². The van der Waals surface area contributed by atoms with Crippen molar-refractivity contribution in [3.63, 3.8) is 0 Å². The van der Waals surface area contributed by atoms with E-state index in [0.717, 1.165) is 17.7 Å². The highest BCUT2D eigenvalue weighted by Crippen LogP contribution is 2.38. The van der Waals surface area contributed by atoms with Gasteiger partial charge in [-0.3, -0.25) is 5.32 Å². The third-order valence-electron chi connectivity index (χ3n) is 4.08. The Morgan fingerprint density at radius 1 is 1.45 bits per heavy atom. The maximum Gasteiger partial charge on any atom is 0.331 e. The molecule has 0 aliphatic heterocycles. The predicted molar refractivity (Wildman–Crippen MR) is 81.2 cm³/mol. The van der Waals surface area contributed by atoms with Gasteiger partial charge in [0.15, 0.2) is 0 Å². The number of carbonyl (C=O) groups excluding carboxylic acids is 1. The first-order chi connectivity index (χ1) is 10.7. The van der Waals surface area contributed by atoms with E-state index in [0.29, 0.717) is 25.5 Å². The number of oxazole rings is 1. The van der Waals surface area contributed by atoms with Crippen LogP contribution < -0.4 is 5.32 Å². The molecule has 0 unspecified atom stereocenters. The van der Waals surface area contributed by atoms with E-state index in [1.54, 1.807) is 6.20 Å². The first-order valence-electron chi connectivity index (χ1n) is 7.57. The van der Waals surface area contributed by atoms with Gasteiger partial charge in [0.05, 0.1) is 19.3 Å². The Balaban J connectivity index is 1.89. The van der Waals surface area contributed by atoms with Crippen LogP contribution in [0.15, 0.2) is 34.9 Å². The number of hydrogen-bond acceptors (Lipinski definition) is 5. The van der Waals surface area contributed by atoms with Crippen LogP contribution in [0, 0.1) is 6.92 Å². The van der Waals surface area contributed by atoms with Gasteiger partial charge in [-0.2, -0.15) is 0 Å². The molecule has 1 aliphatic rings. The Morgan fingerprint density at radius 3 is 3.00 bits per heavy atom. The van der Waals surface area contributed by atoms with Crippen LogP contribution in [0.25, 0.3) is 0 Å². The number of esters is 1. The molecule has 1 aromatic carbocycles. The first-order valence-corrected chi connectivity index (χ1v) is 7.57. The molecule has 5 nitrogen and oxygen atoms in total. The fourth-order valence-electron chi connectivity index (χ4n) is 3.04. The van der Waals surface area contributed by atoms with E-state index in [9.17, 15) is 4.79 Å². The molecule has 1 N–H and O–H groups in total. The third kappa shape index (κ3) is 2.52. The lowest BCUT2D eigenvalue weighted by molar-refractivity contribution is -0.152. The van der Waals surface area contributed by atoms with Crippen LogP contribution in [0.4, 0.5) is 0 Å². The molecule has 0 saturated carbocycles. The van der Waals surface area contributed by atoms with Crippen LogP contribution in [0.3, 0.4) is 0 Å². The van der Waals surface area contributed by atoms with E-state index >= 15 is 0 Å². The number of carbonyl (C=O) groups is 1. The number of nitrogens with zero attached hydrogens (tertiary/aromatic N) is 1. The van der Waals surface area contributed by atoms with Crippen LogP contribution in [0.2, 0.25) is 0 Å². The monoisotopic (exact) mass is 300 g/mol. The third-order valence-corrected chi connectivity index (χ3v) is 4.08. The smallest absolute Gasteiger partial charge is 0.331 e. The molecule has 22 heavy (non-hydrogen) atoms. The highest BCUT2D eigenvalue weighted by Gasteiger charge is 2.46. The Hall–Kier alpha value is -2.14. The van der Waals surface area contributed by atoms with E-state index < -0.39 is 5.54 Å². The van der Waals surface area contributed by atoms with Crippen LogP contribution >= 0.6 is 0 Å². The highest BCUT2D eigenvalue weighted by molar-refractivity contribution is 5.84. The molecule has 0 radical (unpaired) electrons. The van der Waals surface area contributed by atoms with Gasteiger partial charge in [-0.15, -0.1) is 0 Å². The SMILES string of the molecule is CCOC(=O)[C@]1(NCc2ncc(C)o2)CCc2ccccc21. The van der Waals surface area contributed by atoms with Crippen molar-refractivity contribution in [2.75, 3.05) is 6.61 Å². The van der Waals surface area contributed by atoms with Crippen LogP contribution in [0.1, 0.15) is 36.1 Å². The zero-order valence-electron chi connectivity index (χ0n) is 12.9. The van der Waals surface area contributed by atoms with Crippen LogP contribution in [0.5, 0.6) is 0 Å². The van der Waals surface area contributed by atoms with Gasteiger partial charge in [0.2, 0.25) is 5.89 Å². The maximum absolute atomic E-state index is 12.6. The summed E-state index contributed by atoms with van der Waals surface area (Å²) in [5, 5.41) is 3.33. The average molecular weight is 300 g/mol. The van der Waals surface area contributed by atoms with Crippen molar-refractivity contribution in [3.8, 4) is 0 Å². The number of benzene rings is 1. The molecular formula is C17H20N2O3. The molecule has 1 aromatic heterocycles. The van der Waals surface area contributed by atoms with Crippen molar-refractivity contribution in [1.29, 1.82) is 0 Å². The highest BCUT2D eigenvalue weighted by atomic mass is 16.5. The van der Waals surface area contributed by atoms with E-state index in [1.165, 1.54) is 5.56 Å². The number of fused-ring (bicyclic) bond motifs is 1. The molecule has 0 amide bonds. The van der Waals surface area contributed by atoms with Gasteiger partial charge < -0.3 is 9.15 Å². The second kappa shape index (κ2) is 5.93. The Labute approximate surface area is 129 Å². The lowest BCUT2D eigenvalue weighted by Gasteiger charge is -2.28. The predicted octanol–water partition coefficient (Wildman–Crippen LogP) is 2.48. The fraction of sp³-hybridized carbons (Fsp3) is 0.412. The quantitative estimate of drug-likeness (QED) is 0.859. The Morgan fingerprint density at radius 2 is 2.27 bits per heavy atom. The number of rotatable bonds is 5. The zero-order chi connectivity index (χ0) is 15.6. The molecule has 5 heteroatoms. The van der Waals surface area contributed by atoms with Gasteiger partial charge in [-0.1, -0.05) is 24.3 Å². The molecule has 3 rings (SSSR count). The zero-order valence-corrected chi connectivity index (χ0v) is 12.9. The van der Waals surface area contributed by atoms with Crippen molar-refractivity contribution in [3.05, 3.63) is 53.2 Å². The Kier molecular flexibility index (Phi) is 3.98. The lowest BCUT2D eigenvalue weighted by Crippen LogP contribution is -2.48. The van der Waals surface area contributed by atoms with Crippen LogP contribution in [-0.2, 0) is 28.0 Å². The van der Waals surface area contributed by atoms with Crippen molar-refractivity contribution in [1.82, 2.24) is 10.3 Å². The van der Waals surface area contributed by atoms with Crippen molar-refractivity contribution < 1.29 is 13.9 Å². The minimum Gasteiger partial charge on any atom is -0.464 e. The summed E-state index contributed by atoms with van der Waals surface area (Å²) in [5.41, 5.74) is 1.37. The standard InChI is InChI=1S/C17H20N2O3/c1-3-21-16(20)17(19-11-15-18-10-12(2)22-15)9-8-13-6-4-5-7-14(13)17/h4-7,10,19H,3,8-9,11H2,1-2H3/t17-/m0/s1. The largest absolute Gasteiger partial charge is 0.464 e. The van der Waals surface area contributed by atoms with Crippen LogP contribution in [-0.4, -0.2) is 17.6 Å². The molecule has 0 saturated heterocycles. The van der Waals surface area contributed by atoms with E-state index in [4.69, 9.17) is 9.15 Å². The normalized spacial score (nSPS) is 19.9.